The van der Waals surface area contributed by atoms with Gasteiger partial charge in [0.1, 0.15) is 23.2 Å². The van der Waals surface area contributed by atoms with Crippen LogP contribution in [0.1, 0.15) is 19.6 Å². The minimum Gasteiger partial charge on any atom is -0.497 e. The van der Waals surface area contributed by atoms with Gasteiger partial charge in [0.2, 0.25) is 0 Å². The molecule has 6 heteroatoms. The Hall–Kier alpha value is -3.20. The number of benzene rings is 1. The van der Waals surface area contributed by atoms with Gasteiger partial charge in [-0.1, -0.05) is 6.07 Å². The van der Waals surface area contributed by atoms with E-state index in [1.54, 1.807) is 37.4 Å². The molecule has 2 rings (SSSR count). The van der Waals surface area contributed by atoms with Crippen LogP contribution in [0.15, 0.2) is 46.4 Å². The Balaban J connectivity index is 2.16. The van der Waals surface area contributed by atoms with Gasteiger partial charge in [-0.25, -0.2) is 0 Å². The number of carbonyl (C=O) groups is 1. The molecule has 130 valence electrons. The van der Waals surface area contributed by atoms with Crippen LogP contribution in [-0.4, -0.2) is 26.1 Å². The number of hydrogen-bond donors (Lipinski definition) is 1. The molecule has 0 aliphatic carbocycles. The second-order valence-electron chi connectivity index (χ2n) is 5.20. The zero-order chi connectivity index (χ0) is 18.2. The van der Waals surface area contributed by atoms with Crippen LogP contribution >= 0.6 is 0 Å². The Kier molecular flexibility index (Phi) is 6.24. The van der Waals surface area contributed by atoms with Crippen LogP contribution in [0, 0.1) is 11.3 Å². The lowest BCUT2D eigenvalue weighted by atomic mass is 10.2. The van der Waals surface area contributed by atoms with Gasteiger partial charge in [0, 0.05) is 37.0 Å². The van der Waals surface area contributed by atoms with Crippen molar-refractivity contribution < 1.29 is 13.9 Å². The van der Waals surface area contributed by atoms with Gasteiger partial charge in [0.05, 0.1) is 7.11 Å². The first-order valence-corrected chi connectivity index (χ1v) is 8.03. The van der Waals surface area contributed by atoms with Crippen molar-refractivity contribution in [3.8, 4) is 11.8 Å². The molecular weight excluding hydrogens is 318 g/mol. The van der Waals surface area contributed by atoms with Gasteiger partial charge in [0.15, 0.2) is 5.88 Å². The lowest BCUT2D eigenvalue weighted by molar-refractivity contribution is -0.112. The van der Waals surface area contributed by atoms with Crippen LogP contribution in [0.4, 0.5) is 11.6 Å². The normalized spacial score (nSPS) is 10.9. The molecule has 0 bridgehead atoms. The summed E-state index contributed by atoms with van der Waals surface area (Å²) in [6.07, 6.45) is 1.43. The molecule has 0 saturated heterocycles. The third kappa shape index (κ3) is 4.64. The van der Waals surface area contributed by atoms with Crippen LogP contribution in [0.5, 0.6) is 5.75 Å². The number of nitrogens with zero attached hydrogens (tertiary/aromatic N) is 2. The second kappa shape index (κ2) is 8.60. The van der Waals surface area contributed by atoms with Gasteiger partial charge in [-0.2, -0.15) is 5.26 Å². The summed E-state index contributed by atoms with van der Waals surface area (Å²) in [7, 11) is 1.55. The molecule has 0 radical (unpaired) electrons. The smallest absolute Gasteiger partial charge is 0.266 e. The topological polar surface area (TPSA) is 78.5 Å². The fraction of sp³-hybridized carbons (Fsp3) is 0.263. The van der Waals surface area contributed by atoms with Crippen molar-refractivity contribution >= 4 is 23.6 Å². The van der Waals surface area contributed by atoms with Gasteiger partial charge >= 0.3 is 0 Å². The lowest BCUT2D eigenvalue weighted by Gasteiger charge is -2.16. The maximum absolute atomic E-state index is 12.3. The molecule has 2 aromatic rings. The van der Waals surface area contributed by atoms with Crippen molar-refractivity contribution in [2.75, 3.05) is 30.4 Å². The van der Waals surface area contributed by atoms with E-state index in [1.165, 1.54) is 6.08 Å². The van der Waals surface area contributed by atoms with Crippen LogP contribution in [0.25, 0.3) is 6.08 Å². The van der Waals surface area contributed by atoms with Crippen LogP contribution in [-0.2, 0) is 4.79 Å². The van der Waals surface area contributed by atoms with Crippen molar-refractivity contribution in [2.45, 2.75) is 13.8 Å². The number of ether oxygens (including phenoxy) is 1. The number of nitrogens with one attached hydrogen (secondary N) is 1. The van der Waals surface area contributed by atoms with E-state index in [0.29, 0.717) is 23.1 Å². The summed E-state index contributed by atoms with van der Waals surface area (Å²) in [5.41, 5.74) is 0.511. The van der Waals surface area contributed by atoms with Gasteiger partial charge in [-0.05, 0) is 32.0 Å². The van der Waals surface area contributed by atoms with E-state index in [2.05, 4.69) is 5.32 Å². The third-order valence-electron chi connectivity index (χ3n) is 3.67. The molecule has 0 saturated carbocycles. The Labute approximate surface area is 147 Å². The predicted octanol–water partition coefficient (Wildman–Crippen LogP) is 3.68. The maximum Gasteiger partial charge on any atom is 0.266 e. The summed E-state index contributed by atoms with van der Waals surface area (Å²) >= 11 is 0. The van der Waals surface area contributed by atoms with Crippen molar-refractivity contribution in [1.82, 2.24) is 0 Å². The first-order valence-electron chi connectivity index (χ1n) is 8.03. The van der Waals surface area contributed by atoms with Gasteiger partial charge in [0.25, 0.3) is 5.91 Å². The van der Waals surface area contributed by atoms with Crippen LogP contribution in [0.2, 0.25) is 0 Å². The monoisotopic (exact) mass is 339 g/mol. The van der Waals surface area contributed by atoms with E-state index in [9.17, 15) is 10.1 Å². The van der Waals surface area contributed by atoms with Crippen molar-refractivity contribution in [3.05, 3.63) is 47.7 Å². The highest BCUT2D eigenvalue weighted by atomic mass is 16.5. The first kappa shape index (κ1) is 18.1. The molecule has 0 spiro atoms. The number of nitriles is 1. The Bertz CT molecular complexity index is 798. The molecule has 6 nitrogen and oxygen atoms in total. The molecule has 1 aromatic heterocycles. The molecular formula is C19H21N3O3. The predicted molar refractivity (Wildman–Crippen MR) is 97.5 cm³/mol. The molecule has 1 aromatic carbocycles. The highest BCUT2D eigenvalue weighted by molar-refractivity contribution is 6.09. The fourth-order valence-corrected chi connectivity index (χ4v) is 2.32. The van der Waals surface area contributed by atoms with E-state index < -0.39 is 5.91 Å². The molecule has 0 aliphatic heterocycles. The molecule has 0 atom stereocenters. The highest BCUT2D eigenvalue weighted by Crippen LogP contribution is 2.21. The standard InChI is InChI=1S/C19H21N3O3/c1-4-22(5-2)18-10-9-17(25-18)11-14(13-20)19(23)21-15-7-6-8-16(12-15)24-3/h6-12H,4-5H2,1-3H3,(H,21,23)/b14-11-. The third-order valence-corrected chi connectivity index (χ3v) is 3.67. The average molecular weight is 339 g/mol. The SMILES string of the molecule is CCN(CC)c1ccc(/C=C(/C#N)C(=O)Nc2cccc(OC)c2)o1. The summed E-state index contributed by atoms with van der Waals surface area (Å²) in [6, 6.07) is 12.4. The first-order chi connectivity index (χ1) is 12.1. The Morgan fingerprint density at radius 3 is 2.72 bits per heavy atom. The zero-order valence-corrected chi connectivity index (χ0v) is 14.6. The number of amides is 1. The number of furan rings is 1. The number of methoxy groups -OCH3 is 1. The molecule has 1 heterocycles. The van der Waals surface area contributed by atoms with Crippen LogP contribution in [0.3, 0.4) is 0 Å². The minimum absolute atomic E-state index is 0.0386. The zero-order valence-electron chi connectivity index (χ0n) is 14.6. The lowest BCUT2D eigenvalue weighted by Crippen LogP contribution is -2.20. The molecule has 0 fully saturated rings. The van der Waals surface area contributed by atoms with E-state index in [-0.39, 0.29) is 5.57 Å². The van der Waals surface area contributed by atoms with E-state index in [1.807, 2.05) is 30.9 Å². The van der Waals surface area contributed by atoms with Crippen molar-refractivity contribution in [3.63, 3.8) is 0 Å². The number of rotatable bonds is 7. The van der Waals surface area contributed by atoms with Crippen molar-refractivity contribution in [1.29, 1.82) is 5.26 Å². The maximum atomic E-state index is 12.3. The highest BCUT2D eigenvalue weighted by Gasteiger charge is 2.12. The largest absolute Gasteiger partial charge is 0.497 e. The minimum atomic E-state index is -0.503. The van der Waals surface area contributed by atoms with Gasteiger partial charge in [-0.3, -0.25) is 4.79 Å². The number of carbonyl (C=O) groups excluding carboxylic acids is 1. The summed E-state index contributed by atoms with van der Waals surface area (Å²) in [5, 5.41) is 12.0. The Morgan fingerprint density at radius 1 is 1.32 bits per heavy atom. The number of hydrogen-bond acceptors (Lipinski definition) is 5. The fourth-order valence-electron chi connectivity index (χ4n) is 2.32. The van der Waals surface area contributed by atoms with E-state index in [0.717, 1.165) is 13.1 Å². The summed E-state index contributed by atoms with van der Waals surface area (Å²) in [5.74, 6) is 1.28. The molecule has 0 unspecified atom stereocenters. The summed E-state index contributed by atoms with van der Waals surface area (Å²) < 4.78 is 10.8. The molecule has 25 heavy (non-hydrogen) atoms. The van der Waals surface area contributed by atoms with Crippen molar-refractivity contribution in [2.24, 2.45) is 0 Å². The number of anilines is 2. The molecule has 0 aliphatic rings. The van der Waals surface area contributed by atoms with Gasteiger partial charge < -0.3 is 19.4 Å². The van der Waals surface area contributed by atoms with Gasteiger partial charge in [-0.15, -0.1) is 0 Å². The van der Waals surface area contributed by atoms with E-state index >= 15 is 0 Å². The summed E-state index contributed by atoms with van der Waals surface area (Å²) in [4.78, 5) is 14.3. The summed E-state index contributed by atoms with van der Waals surface area (Å²) in [6.45, 7) is 5.69. The Morgan fingerprint density at radius 2 is 2.08 bits per heavy atom. The quantitative estimate of drug-likeness (QED) is 0.615. The molecule has 1 amide bonds. The van der Waals surface area contributed by atoms with Crippen LogP contribution < -0.4 is 15.0 Å². The second-order valence-corrected chi connectivity index (χ2v) is 5.20. The van der Waals surface area contributed by atoms with E-state index in [4.69, 9.17) is 9.15 Å². The average Bonchev–Trinajstić information content (AvgIpc) is 3.09. The molecule has 1 N–H and O–H groups in total.